The molecule has 2 rings (SSSR count). The Labute approximate surface area is 118 Å². The standard InChI is InChI=1S/C15H17Cl2F/c1-15(2)8-10(6-13(17)9-15)5-11-7-12(16)3-4-14(11)18/h3-4,6-7,13H,5,8-9H2,1-2H3. The second-order valence-electron chi connectivity index (χ2n) is 5.80. The van der Waals surface area contributed by atoms with Crippen LogP contribution in [0, 0.1) is 11.2 Å². The predicted octanol–water partition coefficient (Wildman–Crippen LogP) is 5.38. The molecule has 1 atom stereocenters. The molecule has 18 heavy (non-hydrogen) atoms. The summed E-state index contributed by atoms with van der Waals surface area (Å²) >= 11 is 12.1. The number of hydrogen-bond acceptors (Lipinski definition) is 0. The SMILES string of the molecule is CC1(C)CC(Cc2cc(Cl)ccc2F)=CC(Cl)C1. The van der Waals surface area contributed by atoms with Crippen LogP contribution in [0.3, 0.4) is 0 Å². The topological polar surface area (TPSA) is 0 Å². The molecule has 0 fully saturated rings. The Bertz CT molecular complexity index is 477. The summed E-state index contributed by atoms with van der Waals surface area (Å²) in [5.74, 6) is -0.199. The van der Waals surface area contributed by atoms with E-state index in [1.807, 2.05) is 0 Å². The van der Waals surface area contributed by atoms with Gasteiger partial charge in [-0.25, -0.2) is 4.39 Å². The second-order valence-corrected chi connectivity index (χ2v) is 6.80. The molecular weight excluding hydrogens is 270 g/mol. The van der Waals surface area contributed by atoms with E-state index >= 15 is 0 Å². The Hall–Kier alpha value is -0.530. The van der Waals surface area contributed by atoms with Crippen LogP contribution in [0.1, 0.15) is 32.3 Å². The van der Waals surface area contributed by atoms with Crippen LogP contribution in [-0.4, -0.2) is 5.38 Å². The number of halogens is 3. The van der Waals surface area contributed by atoms with Gasteiger partial charge in [0, 0.05) is 5.02 Å². The van der Waals surface area contributed by atoms with E-state index in [1.54, 1.807) is 12.1 Å². The van der Waals surface area contributed by atoms with Crippen LogP contribution in [-0.2, 0) is 6.42 Å². The van der Waals surface area contributed by atoms with E-state index in [4.69, 9.17) is 23.2 Å². The van der Waals surface area contributed by atoms with Crippen LogP contribution >= 0.6 is 23.2 Å². The number of hydrogen-bond donors (Lipinski definition) is 0. The van der Waals surface area contributed by atoms with Crippen LogP contribution in [0.5, 0.6) is 0 Å². The van der Waals surface area contributed by atoms with Crippen molar-refractivity contribution in [2.24, 2.45) is 5.41 Å². The Morgan fingerprint density at radius 3 is 2.78 bits per heavy atom. The molecule has 0 bridgehead atoms. The van der Waals surface area contributed by atoms with Gasteiger partial charge in [0.05, 0.1) is 5.38 Å². The van der Waals surface area contributed by atoms with Crippen molar-refractivity contribution in [3.8, 4) is 0 Å². The van der Waals surface area contributed by atoms with Crippen molar-refractivity contribution in [2.45, 2.75) is 38.5 Å². The van der Waals surface area contributed by atoms with Gasteiger partial charge >= 0.3 is 0 Å². The third-order valence-corrected chi connectivity index (χ3v) is 3.81. The van der Waals surface area contributed by atoms with E-state index in [9.17, 15) is 4.39 Å². The van der Waals surface area contributed by atoms with Crippen LogP contribution in [0.15, 0.2) is 29.8 Å². The van der Waals surface area contributed by atoms with E-state index in [0.29, 0.717) is 17.0 Å². The first kappa shape index (κ1) is 13.9. The molecule has 0 heterocycles. The Morgan fingerprint density at radius 2 is 2.11 bits per heavy atom. The van der Waals surface area contributed by atoms with Gasteiger partial charge in [-0.1, -0.05) is 37.1 Å². The molecule has 0 N–H and O–H groups in total. The first-order valence-electron chi connectivity index (χ1n) is 6.13. The van der Waals surface area contributed by atoms with Crippen molar-refractivity contribution >= 4 is 23.2 Å². The van der Waals surface area contributed by atoms with Gasteiger partial charge in [0.15, 0.2) is 0 Å². The molecule has 0 radical (unpaired) electrons. The normalized spacial score (nSPS) is 22.7. The van der Waals surface area contributed by atoms with Gasteiger partial charge in [0.2, 0.25) is 0 Å². The molecule has 0 amide bonds. The summed E-state index contributed by atoms with van der Waals surface area (Å²) in [6.07, 6.45) is 4.59. The lowest BCUT2D eigenvalue weighted by atomic mass is 9.76. The number of benzene rings is 1. The van der Waals surface area contributed by atoms with Crippen molar-refractivity contribution in [2.75, 3.05) is 0 Å². The molecule has 0 nitrogen and oxygen atoms in total. The fraction of sp³-hybridized carbons (Fsp3) is 0.467. The summed E-state index contributed by atoms with van der Waals surface area (Å²) in [5, 5.41) is 0.621. The fourth-order valence-electron chi connectivity index (χ4n) is 2.63. The smallest absolute Gasteiger partial charge is 0.126 e. The summed E-state index contributed by atoms with van der Waals surface area (Å²) in [6, 6.07) is 4.69. The van der Waals surface area contributed by atoms with Gasteiger partial charge in [0.1, 0.15) is 5.82 Å². The zero-order valence-electron chi connectivity index (χ0n) is 10.6. The molecule has 1 aromatic rings. The maximum absolute atomic E-state index is 13.7. The van der Waals surface area contributed by atoms with E-state index in [2.05, 4.69) is 19.9 Å². The van der Waals surface area contributed by atoms with Gasteiger partial charge in [-0.05, 0) is 48.4 Å². The van der Waals surface area contributed by atoms with Crippen molar-refractivity contribution in [1.82, 2.24) is 0 Å². The maximum atomic E-state index is 13.7. The van der Waals surface area contributed by atoms with Gasteiger partial charge < -0.3 is 0 Å². The van der Waals surface area contributed by atoms with Gasteiger partial charge in [-0.3, -0.25) is 0 Å². The summed E-state index contributed by atoms with van der Waals surface area (Å²) < 4.78 is 13.7. The average Bonchev–Trinajstić information content (AvgIpc) is 2.20. The Balaban J connectivity index is 2.21. The maximum Gasteiger partial charge on any atom is 0.126 e. The molecule has 1 unspecified atom stereocenters. The number of allylic oxidation sites excluding steroid dienone is 2. The summed E-state index contributed by atoms with van der Waals surface area (Å²) in [5.41, 5.74) is 2.04. The zero-order valence-corrected chi connectivity index (χ0v) is 12.2. The molecule has 1 aromatic carbocycles. The van der Waals surface area contributed by atoms with E-state index in [0.717, 1.165) is 12.8 Å². The minimum atomic E-state index is -0.199. The lowest BCUT2D eigenvalue weighted by Gasteiger charge is -2.32. The second kappa shape index (κ2) is 5.22. The van der Waals surface area contributed by atoms with Crippen molar-refractivity contribution in [1.29, 1.82) is 0 Å². The monoisotopic (exact) mass is 286 g/mol. The first-order valence-corrected chi connectivity index (χ1v) is 6.95. The predicted molar refractivity (Wildman–Crippen MR) is 75.9 cm³/mol. The zero-order chi connectivity index (χ0) is 13.3. The van der Waals surface area contributed by atoms with E-state index in [-0.39, 0.29) is 16.6 Å². The summed E-state index contributed by atoms with van der Waals surface area (Å²) in [6.45, 7) is 4.40. The lowest BCUT2D eigenvalue weighted by molar-refractivity contribution is 0.320. The first-order chi connectivity index (χ1) is 8.35. The minimum Gasteiger partial charge on any atom is -0.207 e. The molecule has 0 aliphatic heterocycles. The Kier molecular flexibility index (Phi) is 4.03. The third kappa shape index (κ3) is 3.49. The summed E-state index contributed by atoms with van der Waals surface area (Å²) in [7, 11) is 0. The van der Waals surface area contributed by atoms with Crippen LogP contribution in [0.25, 0.3) is 0 Å². The van der Waals surface area contributed by atoms with Crippen molar-refractivity contribution in [3.63, 3.8) is 0 Å². The average molecular weight is 287 g/mol. The van der Waals surface area contributed by atoms with Crippen LogP contribution < -0.4 is 0 Å². The largest absolute Gasteiger partial charge is 0.207 e. The highest BCUT2D eigenvalue weighted by molar-refractivity contribution is 6.30. The van der Waals surface area contributed by atoms with Crippen LogP contribution in [0.2, 0.25) is 5.02 Å². The third-order valence-electron chi connectivity index (χ3n) is 3.30. The molecule has 0 saturated carbocycles. The van der Waals surface area contributed by atoms with Gasteiger partial charge in [-0.2, -0.15) is 0 Å². The quantitative estimate of drug-likeness (QED) is 0.506. The number of rotatable bonds is 2. The molecule has 3 heteroatoms. The van der Waals surface area contributed by atoms with Crippen molar-refractivity contribution < 1.29 is 4.39 Å². The molecule has 1 aliphatic rings. The minimum absolute atomic E-state index is 0.0472. The molecule has 1 aliphatic carbocycles. The Morgan fingerprint density at radius 1 is 1.39 bits per heavy atom. The van der Waals surface area contributed by atoms with E-state index in [1.165, 1.54) is 11.6 Å². The van der Waals surface area contributed by atoms with Gasteiger partial charge in [-0.15, -0.1) is 11.6 Å². The lowest BCUT2D eigenvalue weighted by Crippen LogP contribution is -2.23. The molecule has 0 saturated heterocycles. The number of alkyl halides is 1. The molecule has 98 valence electrons. The molecule has 0 aromatic heterocycles. The summed E-state index contributed by atoms with van der Waals surface area (Å²) in [4.78, 5) is 0. The van der Waals surface area contributed by atoms with Gasteiger partial charge in [0.25, 0.3) is 0 Å². The molecular formula is C15H17Cl2F. The van der Waals surface area contributed by atoms with Crippen molar-refractivity contribution in [3.05, 3.63) is 46.3 Å². The highest BCUT2D eigenvalue weighted by Crippen LogP contribution is 2.38. The van der Waals surface area contributed by atoms with E-state index < -0.39 is 0 Å². The highest BCUT2D eigenvalue weighted by atomic mass is 35.5. The highest BCUT2D eigenvalue weighted by Gasteiger charge is 2.27. The van der Waals surface area contributed by atoms with Crippen LogP contribution in [0.4, 0.5) is 4.39 Å². The fourth-order valence-corrected chi connectivity index (χ4v) is 3.42. The molecule has 0 spiro atoms.